The number of aliphatic carboxylic acids is 1. The molecule has 3 amide bonds. The highest BCUT2D eigenvalue weighted by Crippen LogP contribution is 2.25. The minimum atomic E-state index is -1.22. The van der Waals surface area contributed by atoms with Crippen molar-refractivity contribution in [3.63, 3.8) is 0 Å². The molecule has 5 rings (SSSR count). The molecule has 0 spiro atoms. The van der Waals surface area contributed by atoms with Crippen LogP contribution in [-0.2, 0) is 9.59 Å². The van der Waals surface area contributed by atoms with E-state index < -0.39 is 35.9 Å². The average Bonchev–Trinajstić information content (AvgIpc) is 2.92. The van der Waals surface area contributed by atoms with Crippen LogP contribution in [0.15, 0.2) is 84.9 Å². The first-order chi connectivity index (χ1) is 17.9. The van der Waals surface area contributed by atoms with Crippen LogP contribution in [0.25, 0.3) is 10.8 Å². The van der Waals surface area contributed by atoms with Gasteiger partial charge < -0.3 is 20.2 Å². The molecule has 2 aliphatic heterocycles. The fourth-order valence-corrected chi connectivity index (χ4v) is 5.16. The number of carbonyl (C=O) groups is 4. The predicted molar refractivity (Wildman–Crippen MR) is 138 cm³/mol. The number of carbonyl (C=O) groups excluding carboxylic acids is 3. The standard InChI is InChI=1S/C29H27N3O5/c33-26(23-15-8-12-19-9-4-6-14-22(19)23)30-24-16-7-5-13-21-17-31(27(34)20-10-2-1-3-11-20)18-25(29(36)37)32(21)28(24)35/h1-12,14-15,21,24-25H,13,16-18H2,(H,30,33)(H,36,37)/b7-5-/t21-,24-,25-/m0/s1. The molecule has 3 aromatic rings. The molecule has 3 atom stereocenters. The van der Waals surface area contributed by atoms with Crippen LogP contribution in [0.2, 0.25) is 0 Å². The molecule has 0 aliphatic carbocycles. The number of nitrogens with one attached hydrogen (secondary N) is 1. The second kappa shape index (κ2) is 10.3. The summed E-state index contributed by atoms with van der Waals surface area (Å²) in [6, 6.07) is 18.9. The number of fused-ring (bicyclic) bond motifs is 2. The Morgan fingerprint density at radius 1 is 0.838 bits per heavy atom. The number of benzene rings is 3. The Labute approximate surface area is 214 Å². The Hall–Kier alpha value is -4.46. The average molecular weight is 498 g/mol. The molecule has 0 aromatic heterocycles. The number of carboxylic acid groups (broad SMARTS) is 1. The topological polar surface area (TPSA) is 107 Å². The van der Waals surface area contributed by atoms with Crippen LogP contribution >= 0.6 is 0 Å². The summed E-state index contributed by atoms with van der Waals surface area (Å²) in [4.78, 5) is 55.3. The molecular formula is C29H27N3O5. The van der Waals surface area contributed by atoms with Crippen molar-refractivity contribution in [1.82, 2.24) is 15.1 Å². The first-order valence-corrected chi connectivity index (χ1v) is 12.3. The normalized spacial score (nSPS) is 22.5. The SMILES string of the molecule is O=C(N[C@H]1C/C=C\C[C@H]2CN(C(=O)c3ccccc3)C[C@@H](C(=O)O)N2C1=O)c1cccc2ccccc12. The van der Waals surface area contributed by atoms with Gasteiger partial charge in [0.2, 0.25) is 5.91 Å². The maximum absolute atomic E-state index is 13.7. The summed E-state index contributed by atoms with van der Waals surface area (Å²) in [5.74, 6) is -2.31. The molecule has 2 aliphatic rings. The Balaban J connectivity index is 1.41. The van der Waals surface area contributed by atoms with E-state index in [-0.39, 0.29) is 25.4 Å². The number of piperazine rings is 1. The lowest BCUT2D eigenvalue weighted by molar-refractivity contribution is -0.157. The molecule has 2 N–H and O–H groups in total. The van der Waals surface area contributed by atoms with Gasteiger partial charge in [0, 0.05) is 17.7 Å². The van der Waals surface area contributed by atoms with E-state index >= 15 is 0 Å². The van der Waals surface area contributed by atoms with Crippen molar-refractivity contribution in [1.29, 1.82) is 0 Å². The number of hydrogen-bond donors (Lipinski definition) is 2. The van der Waals surface area contributed by atoms with Crippen LogP contribution in [0.1, 0.15) is 33.6 Å². The van der Waals surface area contributed by atoms with Crippen LogP contribution in [0.5, 0.6) is 0 Å². The van der Waals surface area contributed by atoms with Crippen molar-refractivity contribution in [3.8, 4) is 0 Å². The minimum Gasteiger partial charge on any atom is -0.480 e. The summed E-state index contributed by atoms with van der Waals surface area (Å²) in [5.41, 5.74) is 0.912. The van der Waals surface area contributed by atoms with Gasteiger partial charge in [-0.2, -0.15) is 0 Å². The molecule has 0 unspecified atom stereocenters. The van der Waals surface area contributed by atoms with E-state index in [1.54, 1.807) is 42.5 Å². The lowest BCUT2D eigenvalue weighted by Gasteiger charge is -2.46. The number of hydrogen-bond acceptors (Lipinski definition) is 4. The van der Waals surface area contributed by atoms with Crippen molar-refractivity contribution >= 4 is 34.5 Å². The van der Waals surface area contributed by atoms with Crippen LogP contribution in [0, 0.1) is 0 Å². The highest BCUT2D eigenvalue weighted by atomic mass is 16.4. The quantitative estimate of drug-likeness (QED) is 0.539. The number of carboxylic acids is 1. The molecule has 37 heavy (non-hydrogen) atoms. The third kappa shape index (κ3) is 4.82. The Morgan fingerprint density at radius 3 is 2.32 bits per heavy atom. The highest BCUT2D eigenvalue weighted by Gasteiger charge is 2.45. The fourth-order valence-electron chi connectivity index (χ4n) is 5.16. The Kier molecular flexibility index (Phi) is 6.72. The van der Waals surface area contributed by atoms with E-state index in [1.165, 1.54) is 9.80 Å². The van der Waals surface area contributed by atoms with Crippen molar-refractivity contribution in [3.05, 3.63) is 96.1 Å². The van der Waals surface area contributed by atoms with Gasteiger partial charge in [-0.05, 0) is 41.8 Å². The van der Waals surface area contributed by atoms with Gasteiger partial charge in [-0.1, -0.05) is 66.7 Å². The molecule has 1 saturated heterocycles. The molecule has 3 aromatic carbocycles. The summed E-state index contributed by atoms with van der Waals surface area (Å²) in [5, 5.41) is 14.6. The van der Waals surface area contributed by atoms with Gasteiger partial charge in [-0.15, -0.1) is 0 Å². The Bertz CT molecular complexity index is 1380. The van der Waals surface area contributed by atoms with E-state index in [1.807, 2.05) is 42.5 Å². The third-order valence-electron chi connectivity index (χ3n) is 6.99. The Morgan fingerprint density at radius 2 is 1.54 bits per heavy atom. The van der Waals surface area contributed by atoms with Gasteiger partial charge in [0.15, 0.2) is 0 Å². The van der Waals surface area contributed by atoms with Crippen LogP contribution in [0.4, 0.5) is 0 Å². The maximum atomic E-state index is 13.7. The van der Waals surface area contributed by atoms with Gasteiger partial charge in [0.1, 0.15) is 12.1 Å². The lowest BCUT2D eigenvalue weighted by Crippen LogP contribution is -2.66. The van der Waals surface area contributed by atoms with Crippen LogP contribution in [0.3, 0.4) is 0 Å². The van der Waals surface area contributed by atoms with E-state index in [2.05, 4.69) is 5.32 Å². The first-order valence-electron chi connectivity index (χ1n) is 12.3. The van der Waals surface area contributed by atoms with Gasteiger partial charge in [-0.25, -0.2) is 4.79 Å². The fraction of sp³-hybridized carbons (Fsp3) is 0.241. The largest absolute Gasteiger partial charge is 0.480 e. The van der Waals surface area contributed by atoms with Crippen molar-refractivity contribution < 1.29 is 24.3 Å². The zero-order valence-corrected chi connectivity index (χ0v) is 20.1. The smallest absolute Gasteiger partial charge is 0.328 e. The number of nitrogens with zero attached hydrogens (tertiary/aromatic N) is 2. The summed E-state index contributed by atoms with van der Waals surface area (Å²) in [7, 11) is 0. The third-order valence-corrected chi connectivity index (χ3v) is 6.99. The molecule has 0 saturated carbocycles. The molecule has 0 bridgehead atoms. The second-order valence-corrected chi connectivity index (χ2v) is 9.33. The van der Waals surface area contributed by atoms with E-state index in [9.17, 15) is 24.3 Å². The zero-order chi connectivity index (χ0) is 25.9. The van der Waals surface area contributed by atoms with Gasteiger partial charge in [0.25, 0.3) is 11.8 Å². The summed E-state index contributed by atoms with van der Waals surface area (Å²) >= 11 is 0. The van der Waals surface area contributed by atoms with Crippen LogP contribution < -0.4 is 5.32 Å². The van der Waals surface area contributed by atoms with Crippen molar-refractivity contribution in [2.45, 2.75) is 31.0 Å². The molecule has 188 valence electrons. The summed E-state index contributed by atoms with van der Waals surface area (Å²) in [6.45, 7) is 0.0799. The molecule has 0 radical (unpaired) electrons. The summed E-state index contributed by atoms with van der Waals surface area (Å²) in [6.07, 6.45) is 4.38. The van der Waals surface area contributed by atoms with E-state index in [0.717, 1.165) is 10.8 Å². The van der Waals surface area contributed by atoms with E-state index in [4.69, 9.17) is 0 Å². The van der Waals surface area contributed by atoms with E-state index in [0.29, 0.717) is 17.5 Å². The van der Waals surface area contributed by atoms with Crippen LogP contribution in [-0.4, -0.2) is 69.8 Å². The molecule has 8 nitrogen and oxygen atoms in total. The summed E-state index contributed by atoms with van der Waals surface area (Å²) < 4.78 is 0. The monoisotopic (exact) mass is 497 g/mol. The first kappa shape index (κ1) is 24.2. The maximum Gasteiger partial charge on any atom is 0.328 e. The molecule has 8 heteroatoms. The highest BCUT2D eigenvalue weighted by molar-refractivity contribution is 6.08. The second-order valence-electron chi connectivity index (χ2n) is 9.33. The molecular weight excluding hydrogens is 470 g/mol. The van der Waals surface area contributed by atoms with Gasteiger partial charge >= 0.3 is 5.97 Å². The van der Waals surface area contributed by atoms with Gasteiger partial charge in [0.05, 0.1) is 12.6 Å². The number of amides is 3. The lowest BCUT2D eigenvalue weighted by atomic mass is 9.96. The zero-order valence-electron chi connectivity index (χ0n) is 20.1. The van der Waals surface area contributed by atoms with Crippen molar-refractivity contribution in [2.24, 2.45) is 0 Å². The molecule has 1 fully saturated rings. The van der Waals surface area contributed by atoms with Gasteiger partial charge in [-0.3, -0.25) is 14.4 Å². The minimum absolute atomic E-state index is 0.126. The van der Waals surface area contributed by atoms with Crippen molar-refractivity contribution in [2.75, 3.05) is 13.1 Å². The number of rotatable bonds is 4. The molecule has 2 heterocycles. The predicted octanol–water partition coefficient (Wildman–Crippen LogP) is 3.09.